The first-order chi connectivity index (χ1) is 7.52. The van der Waals surface area contributed by atoms with Crippen LogP contribution in [0.5, 0.6) is 0 Å². The highest BCUT2D eigenvalue weighted by atomic mass is 16.4. The molecule has 1 amide bonds. The molecule has 0 aromatic rings. The Balaban J connectivity index is 2.67. The number of terminal acetylenes is 1. The summed E-state index contributed by atoms with van der Waals surface area (Å²) in [6, 6.07) is -0.832. The molecule has 1 saturated carbocycles. The molecule has 1 unspecified atom stereocenters. The summed E-state index contributed by atoms with van der Waals surface area (Å²) in [6.45, 7) is 0. The summed E-state index contributed by atoms with van der Waals surface area (Å²) in [7, 11) is 0. The Morgan fingerprint density at radius 3 is 2.50 bits per heavy atom. The van der Waals surface area contributed by atoms with Crippen LogP contribution in [0.15, 0.2) is 0 Å². The zero-order valence-electron chi connectivity index (χ0n) is 9.03. The Morgan fingerprint density at radius 2 is 2.06 bits per heavy atom. The first-order valence-electron chi connectivity index (χ1n) is 5.26. The van der Waals surface area contributed by atoms with Crippen LogP contribution in [0.2, 0.25) is 0 Å². The monoisotopic (exact) mass is 224 g/mol. The average Bonchev–Trinajstić information content (AvgIpc) is 2.68. The van der Waals surface area contributed by atoms with Gasteiger partial charge in [0.05, 0.1) is 6.04 Å². The van der Waals surface area contributed by atoms with Crippen molar-refractivity contribution in [2.24, 2.45) is 5.73 Å². The summed E-state index contributed by atoms with van der Waals surface area (Å²) in [5, 5.41) is 11.6. The van der Waals surface area contributed by atoms with Gasteiger partial charge in [0.2, 0.25) is 5.91 Å². The van der Waals surface area contributed by atoms with E-state index in [0.717, 1.165) is 12.8 Å². The van der Waals surface area contributed by atoms with E-state index in [9.17, 15) is 9.59 Å². The minimum atomic E-state index is -1.14. The molecule has 5 heteroatoms. The highest BCUT2D eigenvalue weighted by Crippen LogP contribution is 2.29. The molecule has 88 valence electrons. The third-order valence-corrected chi connectivity index (χ3v) is 2.90. The molecule has 0 bridgehead atoms. The predicted octanol–water partition coefficient (Wildman–Crippen LogP) is -0.149. The number of hydrogen-bond acceptors (Lipinski definition) is 3. The van der Waals surface area contributed by atoms with Gasteiger partial charge >= 0.3 is 5.97 Å². The first-order valence-corrected chi connectivity index (χ1v) is 5.26. The van der Waals surface area contributed by atoms with Crippen molar-refractivity contribution >= 4 is 11.9 Å². The lowest BCUT2D eigenvalue weighted by Gasteiger charge is -2.26. The van der Waals surface area contributed by atoms with Crippen LogP contribution >= 0.6 is 0 Å². The van der Waals surface area contributed by atoms with Gasteiger partial charge in [-0.25, -0.2) is 4.79 Å². The Labute approximate surface area is 94.4 Å². The number of nitrogens with one attached hydrogen (secondary N) is 1. The standard InChI is InChI=1S/C11H16N2O3/c1-2-5-8(12)9(14)13-11(10(15)16)6-3-4-7-11/h1,8H,3-7,12H2,(H,13,14)(H,15,16). The van der Waals surface area contributed by atoms with Crippen molar-refractivity contribution in [2.45, 2.75) is 43.7 Å². The van der Waals surface area contributed by atoms with Gasteiger partial charge in [0.1, 0.15) is 5.54 Å². The Bertz CT molecular complexity index is 327. The molecule has 1 rings (SSSR count). The number of carboxylic acids is 1. The van der Waals surface area contributed by atoms with Crippen LogP contribution in [0.1, 0.15) is 32.1 Å². The number of aliphatic carboxylic acids is 1. The number of carboxylic acid groups (broad SMARTS) is 1. The Kier molecular flexibility index (Phi) is 3.91. The van der Waals surface area contributed by atoms with Crippen LogP contribution in [-0.2, 0) is 9.59 Å². The number of nitrogens with two attached hydrogens (primary N) is 1. The Hall–Kier alpha value is -1.54. The number of amides is 1. The molecular weight excluding hydrogens is 208 g/mol. The number of hydrogen-bond donors (Lipinski definition) is 3. The van der Waals surface area contributed by atoms with Crippen molar-refractivity contribution in [3.8, 4) is 12.3 Å². The van der Waals surface area contributed by atoms with Gasteiger partial charge in [0, 0.05) is 6.42 Å². The minimum absolute atomic E-state index is 0.113. The van der Waals surface area contributed by atoms with Crippen molar-refractivity contribution in [1.82, 2.24) is 5.32 Å². The fourth-order valence-corrected chi connectivity index (χ4v) is 1.92. The van der Waals surface area contributed by atoms with E-state index in [0.29, 0.717) is 12.8 Å². The molecule has 1 fully saturated rings. The molecule has 1 atom stereocenters. The molecule has 5 nitrogen and oxygen atoms in total. The summed E-state index contributed by atoms with van der Waals surface area (Å²) in [4.78, 5) is 22.7. The van der Waals surface area contributed by atoms with E-state index in [4.69, 9.17) is 17.3 Å². The summed E-state index contributed by atoms with van der Waals surface area (Å²) in [5.41, 5.74) is 4.38. The van der Waals surface area contributed by atoms with Gasteiger partial charge in [0.25, 0.3) is 0 Å². The van der Waals surface area contributed by atoms with Gasteiger partial charge in [-0.15, -0.1) is 12.3 Å². The molecule has 4 N–H and O–H groups in total. The number of carbonyl (C=O) groups excluding carboxylic acids is 1. The van der Waals surface area contributed by atoms with Gasteiger partial charge in [0.15, 0.2) is 0 Å². The van der Waals surface area contributed by atoms with E-state index in [1.54, 1.807) is 0 Å². The van der Waals surface area contributed by atoms with Crippen LogP contribution in [0.4, 0.5) is 0 Å². The van der Waals surface area contributed by atoms with E-state index in [-0.39, 0.29) is 6.42 Å². The predicted molar refractivity (Wildman–Crippen MR) is 58.4 cm³/mol. The van der Waals surface area contributed by atoms with Gasteiger partial charge in [-0.1, -0.05) is 12.8 Å². The number of rotatable bonds is 4. The maximum absolute atomic E-state index is 11.6. The van der Waals surface area contributed by atoms with Crippen LogP contribution in [-0.4, -0.2) is 28.6 Å². The zero-order valence-corrected chi connectivity index (χ0v) is 9.03. The summed E-state index contributed by atoms with van der Waals surface area (Å²) in [5.74, 6) is 0.804. The lowest BCUT2D eigenvalue weighted by atomic mass is 9.97. The molecule has 0 radical (unpaired) electrons. The van der Waals surface area contributed by atoms with Crippen LogP contribution in [0.3, 0.4) is 0 Å². The highest BCUT2D eigenvalue weighted by Gasteiger charge is 2.43. The van der Waals surface area contributed by atoms with Crippen molar-refractivity contribution in [3.05, 3.63) is 0 Å². The maximum atomic E-state index is 11.6. The van der Waals surface area contributed by atoms with Crippen molar-refractivity contribution in [2.75, 3.05) is 0 Å². The fourth-order valence-electron chi connectivity index (χ4n) is 1.92. The molecule has 1 aliphatic carbocycles. The highest BCUT2D eigenvalue weighted by molar-refractivity contribution is 5.89. The molecular formula is C11H16N2O3. The molecule has 16 heavy (non-hydrogen) atoms. The summed E-state index contributed by atoms with van der Waals surface area (Å²) in [6.07, 6.45) is 7.67. The van der Waals surface area contributed by atoms with Gasteiger partial charge in [-0.05, 0) is 12.8 Å². The van der Waals surface area contributed by atoms with Crippen LogP contribution in [0, 0.1) is 12.3 Å². The lowest BCUT2D eigenvalue weighted by Crippen LogP contribution is -2.56. The summed E-state index contributed by atoms with van der Waals surface area (Å²) >= 11 is 0. The average molecular weight is 224 g/mol. The smallest absolute Gasteiger partial charge is 0.329 e. The first kappa shape index (κ1) is 12.5. The van der Waals surface area contributed by atoms with Crippen LogP contribution in [0.25, 0.3) is 0 Å². The zero-order chi connectivity index (χ0) is 12.2. The normalized spacial score (nSPS) is 19.8. The fraction of sp³-hybridized carbons (Fsp3) is 0.636. The minimum Gasteiger partial charge on any atom is -0.480 e. The van der Waals surface area contributed by atoms with Crippen LogP contribution < -0.4 is 11.1 Å². The molecule has 0 saturated heterocycles. The molecule has 0 spiro atoms. The summed E-state index contributed by atoms with van der Waals surface area (Å²) < 4.78 is 0. The third-order valence-electron chi connectivity index (χ3n) is 2.90. The van der Waals surface area contributed by atoms with E-state index in [1.807, 2.05) is 0 Å². The van der Waals surface area contributed by atoms with E-state index >= 15 is 0 Å². The van der Waals surface area contributed by atoms with E-state index < -0.39 is 23.5 Å². The molecule has 0 aliphatic heterocycles. The SMILES string of the molecule is C#CCC(N)C(=O)NC1(C(=O)O)CCCC1. The quantitative estimate of drug-likeness (QED) is 0.579. The number of carbonyl (C=O) groups is 2. The molecule has 0 aromatic heterocycles. The molecule has 0 aromatic carbocycles. The van der Waals surface area contributed by atoms with Gasteiger partial charge in [-0.3, -0.25) is 4.79 Å². The third kappa shape index (κ3) is 2.52. The van der Waals surface area contributed by atoms with Gasteiger partial charge < -0.3 is 16.2 Å². The molecule has 0 heterocycles. The van der Waals surface area contributed by atoms with Crippen molar-refractivity contribution < 1.29 is 14.7 Å². The van der Waals surface area contributed by atoms with E-state index in [1.165, 1.54) is 0 Å². The van der Waals surface area contributed by atoms with Crippen molar-refractivity contribution in [1.29, 1.82) is 0 Å². The lowest BCUT2D eigenvalue weighted by molar-refractivity contribution is -0.147. The second-order valence-electron chi connectivity index (χ2n) is 4.10. The Morgan fingerprint density at radius 1 is 1.50 bits per heavy atom. The largest absolute Gasteiger partial charge is 0.480 e. The second kappa shape index (κ2) is 4.99. The van der Waals surface area contributed by atoms with Crippen molar-refractivity contribution in [3.63, 3.8) is 0 Å². The second-order valence-corrected chi connectivity index (χ2v) is 4.10. The topological polar surface area (TPSA) is 92.4 Å². The van der Waals surface area contributed by atoms with E-state index in [2.05, 4.69) is 11.2 Å². The molecule has 1 aliphatic rings. The van der Waals surface area contributed by atoms with Gasteiger partial charge in [-0.2, -0.15) is 0 Å². The maximum Gasteiger partial charge on any atom is 0.329 e.